The zero-order valence-electron chi connectivity index (χ0n) is 8.77. The molecule has 1 aromatic heterocycles. The van der Waals surface area contributed by atoms with Crippen LogP contribution < -0.4 is 5.32 Å². The van der Waals surface area contributed by atoms with E-state index in [-0.39, 0.29) is 11.6 Å². The SMILES string of the molecule is C=CCN(C)C(=O)Nc1sccc1C(=O)O. The largest absolute Gasteiger partial charge is 0.478 e. The quantitative estimate of drug-likeness (QED) is 0.792. The van der Waals surface area contributed by atoms with E-state index in [2.05, 4.69) is 11.9 Å². The molecule has 2 amide bonds. The van der Waals surface area contributed by atoms with Crippen LogP contribution in [-0.4, -0.2) is 35.6 Å². The van der Waals surface area contributed by atoms with Crippen molar-refractivity contribution < 1.29 is 14.7 Å². The highest BCUT2D eigenvalue weighted by Gasteiger charge is 2.15. The molecule has 0 aliphatic heterocycles. The monoisotopic (exact) mass is 240 g/mol. The zero-order valence-corrected chi connectivity index (χ0v) is 9.58. The van der Waals surface area contributed by atoms with Gasteiger partial charge in [-0.15, -0.1) is 17.9 Å². The summed E-state index contributed by atoms with van der Waals surface area (Å²) in [4.78, 5) is 23.7. The lowest BCUT2D eigenvalue weighted by molar-refractivity contribution is 0.0698. The van der Waals surface area contributed by atoms with Gasteiger partial charge in [0.1, 0.15) is 5.00 Å². The molecule has 1 aromatic rings. The Hall–Kier alpha value is -1.82. The lowest BCUT2D eigenvalue weighted by Gasteiger charge is -2.15. The maximum absolute atomic E-state index is 11.6. The maximum atomic E-state index is 11.6. The van der Waals surface area contributed by atoms with E-state index in [1.807, 2.05) is 0 Å². The first-order valence-corrected chi connectivity index (χ1v) is 5.38. The van der Waals surface area contributed by atoms with E-state index in [0.29, 0.717) is 11.5 Å². The number of aromatic carboxylic acids is 1. The number of carboxylic acid groups (broad SMARTS) is 1. The van der Waals surface area contributed by atoms with Gasteiger partial charge in [-0.3, -0.25) is 5.32 Å². The first kappa shape index (κ1) is 12.3. The predicted molar refractivity (Wildman–Crippen MR) is 63.1 cm³/mol. The topological polar surface area (TPSA) is 69.6 Å². The van der Waals surface area contributed by atoms with Gasteiger partial charge in [0, 0.05) is 13.6 Å². The van der Waals surface area contributed by atoms with E-state index in [4.69, 9.17) is 5.11 Å². The van der Waals surface area contributed by atoms with Crippen LogP contribution in [0.1, 0.15) is 10.4 Å². The molecule has 0 unspecified atom stereocenters. The number of carbonyl (C=O) groups is 2. The van der Waals surface area contributed by atoms with Gasteiger partial charge in [0.2, 0.25) is 0 Å². The number of nitrogens with zero attached hydrogens (tertiary/aromatic N) is 1. The number of amides is 2. The molecule has 1 heterocycles. The number of anilines is 1. The van der Waals surface area contributed by atoms with Crippen LogP contribution in [0.5, 0.6) is 0 Å². The minimum Gasteiger partial charge on any atom is -0.478 e. The fourth-order valence-corrected chi connectivity index (χ4v) is 1.81. The van der Waals surface area contributed by atoms with Crippen LogP contribution >= 0.6 is 11.3 Å². The number of hydrogen-bond acceptors (Lipinski definition) is 3. The summed E-state index contributed by atoms with van der Waals surface area (Å²) < 4.78 is 0. The van der Waals surface area contributed by atoms with E-state index in [0.717, 1.165) is 0 Å². The molecule has 0 atom stereocenters. The first-order chi connectivity index (χ1) is 7.56. The Balaban J connectivity index is 2.73. The molecule has 0 fully saturated rings. The van der Waals surface area contributed by atoms with E-state index >= 15 is 0 Å². The van der Waals surface area contributed by atoms with Crippen molar-refractivity contribution >= 4 is 28.3 Å². The van der Waals surface area contributed by atoms with E-state index in [1.54, 1.807) is 18.5 Å². The van der Waals surface area contributed by atoms with Gasteiger partial charge >= 0.3 is 12.0 Å². The van der Waals surface area contributed by atoms with Crippen molar-refractivity contribution in [3.63, 3.8) is 0 Å². The highest BCUT2D eigenvalue weighted by atomic mass is 32.1. The van der Waals surface area contributed by atoms with Gasteiger partial charge in [-0.1, -0.05) is 6.08 Å². The van der Waals surface area contributed by atoms with Gasteiger partial charge in [0.25, 0.3) is 0 Å². The number of urea groups is 1. The molecule has 86 valence electrons. The number of rotatable bonds is 4. The molecule has 0 bridgehead atoms. The maximum Gasteiger partial charge on any atom is 0.338 e. The highest BCUT2D eigenvalue weighted by Crippen LogP contribution is 2.23. The fourth-order valence-electron chi connectivity index (χ4n) is 1.04. The average Bonchev–Trinajstić information content (AvgIpc) is 2.66. The second-order valence-corrected chi connectivity index (χ2v) is 3.98. The summed E-state index contributed by atoms with van der Waals surface area (Å²) in [6.07, 6.45) is 1.59. The van der Waals surface area contributed by atoms with E-state index in [9.17, 15) is 9.59 Å². The van der Waals surface area contributed by atoms with Crippen LogP contribution in [0, 0.1) is 0 Å². The van der Waals surface area contributed by atoms with Gasteiger partial charge in [0.15, 0.2) is 0 Å². The second-order valence-electron chi connectivity index (χ2n) is 3.07. The van der Waals surface area contributed by atoms with Crippen LogP contribution in [0.4, 0.5) is 9.80 Å². The lowest BCUT2D eigenvalue weighted by Crippen LogP contribution is -2.31. The summed E-state index contributed by atoms with van der Waals surface area (Å²) in [6, 6.07) is 1.10. The Morgan fingerprint density at radius 2 is 2.38 bits per heavy atom. The smallest absolute Gasteiger partial charge is 0.338 e. The molecule has 16 heavy (non-hydrogen) atoms. The number of hydrogen-bond donors (Lipinski definition) is 2. The minimum absolute atomic E-state index is 0.102. The molecule has 2 N–H and O–H groups in total. The zero-order chi connectivity index (χ0) is 12.1. The minimum atomic E-state index is -1.05. The normalized spacial score (nSPS) is 9.56. The average molecular weight is 240 g/mol. The summed E-state index contributed by atoms with van der Waals surface area (Å²) >= 11 is 1.18. The lowest BCUT2D eigenvalue weighted by atomic mass is 10.3. The van der Waals surface area contributed by atoms with Gasteiger partial charge < -0.3 is 10.0 Å². The molecular formula is C10H12N2O3S. The molecular weight excluding hydrogens is 228 g/mol. The van der Waals surface area contributed by atoms with Gasteiger partial charge in [-0.05, 0) is 11.4 Å². The van der Waals surface area contributed by atoms with Crippen LogP contribution in [0.2, 0.25) is 0 Å². The van der Waals surface area contributed by atoms with Crippen LogP contribution in [0.25, 0.3) is 0 Å². The van der Waals surface area contributed by atoms with Gasteiger partial charge in [-0.2, -0.15) is 0 Å². The van der Waals surface area contributed by atoms with Crippen LogP contribution in [0.3, 0.4) is 0 Å². The number of carboxylic acids is 1. The number of likely N-dealkylation sites (N-methyl/N-ethyl adjacent to an activating group) is 1. The summed E-state index contributed by atoms with van der Waals surface area (Å²) in [6.45, 7) is 3.92. The third kappa shape index (κ3) is 2.83. The van der Waals surface area contributed by atoms with Crippen LogP contribution in [-0.2, 0) is 0 Å². The Morgan fingerprint density at radius 1 is 1.69 bits per heavy atom. The Bertz CT molecular complexity index is 414. The molecule has 0 aromatic carbocycles. The van der Waals surface area contributed by atoms with Gasteiger partial charge in [0.05, 0.1) is 5.56 Å². The van der Waals surface area contributed by atoms with E-state index < -0.39 is 5.97 Å². The standard InChI is InChI=1S/C10H12N2O3S/c1-3-5-12(2)10(15)11-8-7(9(13)14)4-6-16-8/h3-4,6H,1,5H2,2H3,(H,11,15)(H,13,14). The van der Waals surface area contributed by atoms with Crippen molar-refractivity contribution in [2.75, 3.05) is 18.9 Å². The molecule has 6 heteroatoms. The number of carbonyl (C=O) groups excluding carboxylic acids is 1. The van der Waals surface area contributed by atoms with Crippen molar-refractivity contribution in [2.24, 2.45) is 0 Å². The van der Waals surface area contributed by atoms with E-state index in [1.165, 1.54) is 22.3 Å². The van der Waals surface area contributed by atoms with Crippen LogP contribution in [0.15, 0.2) is 24.1 Å². The third-order valence-electron chi connectivity index (χ3n) is 1.87. The number of nitrogens with one attached hydrogen (secondary N) is 1. The number of thiophene rings is 1. The van der Waals surface area contributed by atoms with Crippen molar-refractivity contribution in [2.45, 2.75) is 0 Å². The fraction of sp³-hybridized carbons (Fsp3) is 0.200. The van der Waals surface area contributed by atoms with Gasteiger partial charge in [-0.25, -0.2) is 9.59 Å². The Labute approximate surface area is 97.0 Å². The summed E-state index contributed by atoms with van der Waals surface area (Å²) in [5.41, 5.74) is 0.102. The third-order valence-corrected chi connectivity index (χ3v) is 2.70. The summed E-state index contributed by atoms with van der Waals surface area (Å²) in [5.74, 6) is -1.05. The summed E-state index contributed by atoms with van der Waals surface area (Å²) in [7, 11) is 1.60. The molecule has 0 radical (unpaired) electrons. The van der Waals surface area contributed by atoms with Crippen molar-refractivity contribution in [3.8, 4) is 0 Å². The Kier molecular flexibility index (Phi) is 4.07. The molecule has 0 saturated carbocycles. The van der Waals surface area contributed by atoms with Crippen molar-refractivity contribution in [1.29, 1.82) is 0 Å². The van der Waals surface area contributed by atoms with Crippen molar-refractivity contribution in [1.82, 2.24) is 4.90 Å². The Morgan fingerprint density at radius 3 is 2.94 bits per heavy atom. The first-order valence-electron chi connectivity index (χ1n) is 4.50. The molecule has 0 spiro atoms. The summed E-state index contributed by atoms with van der Waals surface area (Å²) in [5, 5.41) is 13.3. The second kappa shape index (κ2) is 5.32. The molecule has 1 rings (SSSR count). The molecule has 0 aliphatic rings. The highest BCUT2D eigenvalue weighted by molar-refractivity contribution is 7.14. The molecule has 5 nitrogen and oxygen atoms in total. The molecule has 0 saturated heterocycles. The molecule has 0 aliphatic carbocycles. The predicted octanol–water partition coefficient (Wildman–Crippen LogP) is 2.10. The van der Waals surface area contributed by atoms with Crippen molar-refractivity contribution in [3.05, 3.63) is 29.7 Å².